The Kier molecular flexibility index (Phi) is 5.31. The summed E-state index contributed by atoms with van der Waals surface area (Å²) in [5.74, 6) is 1.20. The summed E-state index contributed by atoms with van der Waals surface area (Å²) in [6.45, 7) is -0.595. The van der Waals surface area contributed by atoms with Gasteiger partial charge in [0.05, 0.1) is 18.6 Å². The van der Waals surface area contributed by atoms with Crippen molar-refractivity contribution in [2.24, 2.45) is 11.8 Å². The van der Waals surface area contributed by atoms with E-state index in [2.05, 4.69) is 10.0 Å². The third-order valence-corrected chi connectivity index (χ3v) is 6.72. The molecule has 3 N–H and O–H groups in total. The molecule has 1 aromatic carbocycles. The predicted molar refractivity (Wildman–Crippen MR) is 91.6 cm³/mol. The highest BCUT2D eigenvalue weighted by atomic mass is 32.2. The van der Waals surface area contributed by atoms with E-state index in [0.717, 1.165) is 19.3 Å². The Morgan fingerprint density at radius 3 is 2.52 bits per heavy atom. The number of methoxy groups -OCH3 is 1. The minimum absolute atomic E-state index is 0.0134. The third-order valence-electron chi connectivity index (χ3n) is 5.23. The Morgan fingerprint density at radius 2 is 2.00 bits per heavy atom. The zero-order valence-corrected chi connectivity index (χ0v) is 15.0. The molecule has 2 aliphatic rings. The largest absolute Gasteiger partial charge is 0.497 e. The average Bonchev–Trinajstić information content (AvgIpc) is 3.22. The molecule has 0 heterocycles. The first kappa shape index (κ1) is 18.2. The number of amides is 1. The van der Waals surface area contributed by atoms with E-state index in [-0.39, 0.29) is 10.9 Å². The highest BCUT2D eigenvalue weighted by Crippen LogP contribution is 2.44. The van der Waals surface area contributed by atoms with Gasteiger partial charge in [0.1, 0.15) is 11.8 Å². The highest BCUT2D eigenvalue weighted by Gasteiger charge is 2.41. The van der Waals surface area contributed by atoms with E-state index in [1.165, 1.54) is 37.8 Å². The molecule has 3 rings (SSSR count). The minimum atomic E-state index is -3.91. The Bertz CT molecular complexity index is 719. The van der Waals surface area contributed by atoms with Gasteiger partial charge in [-0.05, 0) is 55.4 Å². The van der Waals surface area contributed by atoms with E-state index >= 15 is 0 Å². The molecule has 138 valence electrons. The number of carbonyl (C=O) groups is 1. The second-order valence-corrected chi connectivity index (χ2v) is 8.54. The van der Waals surface area contributed by atoms with Crippen LogP contribution in [0, 0.1) is 11.8 Å². The smallest absolute Gasteiger partial charge is 0.241 e. The normalized spacial score (nSPS) is 26.4. The van der Waals surface area contributed by atoms with E-state index in [1.807, 2.05) is 0 Å². The molecule has 2 aliphatic carbocycles. The molecule has 1 aromatic rings. The maximum absolute atomic E-state index is 12.4. The van der Waals surface area contributed by atoms with Crippen LogP contribution >= 0.6 is 0 Å². The SMILES string of the molecule is COc1ccc(S(=O)(=O)N[C@@H](CO)C(=O)NC2CC3CCC2C3)cc1. The molecule has 4 atom stereocenters. The topological polar surface area (TPSA) is 105 Å². The summed E-state index contributed by atoms with van der Waals surface area (Å²) < 4.78 is 32.1. The van der Waals surface area contributed by atoms with Crippen molar-refractivity contribution in [1.82, 2.24) is 10.0 Å². The molecular formula is C17H24N2O5S. The van der Waals surface area contributed by atoms with Crippen molar-refractivity contribution in [3.05, 3.63) is 24.3 Å². The van der Waals surface area contributed by atoms with E-state index in [9.17, 15) is 18.3 Å². The zero-order valence-electron chi connectivity index (χ0n) is 14.1. The molecule has 0 spiro atoms. The Balaban J connectivity index is 1.64. The first-order valence-electron chi connectivity index (χ1n) is 8.50. The monoisotopic (exact) mass is 368 g/mol. The van der Waals surface area contributed by atoms with Gasteiger partial charge in [-0.25, -0.2) is 8.42 Å². The van der Waals surface area contributed by atoms with Crippen LogP contribution in [0.4, 0.5) is 0 Å². The van der Waals surface area contributed by atoms with Crippen molar-refractivity contribution in [2.45, 2.75) is 42.7 Å². The lowest BCUT2D eigenvalue weighted by molar-refractivity contribution is -0.124. The fraction of sp³-hybridized carbons (Fsp3) is 0.588. The summed E-state index contributed by atoms with van der Waals surface area (Å²) in [4.78, 5) is 12.4. The Hall–Kier alpha value is -1.64. The van der Waals surface area contributed by atoms with Crippen LogP contribution < -0.4 is 14.8 Å². The van der Waals surface area contributed by atoms with E-state index in [1.54, 1.807) is 0 Å². The van der Waals surface area contributed by atoms with Crippen LogP contribution in [-0.2, 0) is 14.8 Å². The molecule has 8 heteroatoms. The highest BCUT2D eigenvalue weighted by molar-refractivity contribution is 7.89. The van der Waals surface area contributed by atoms with Gasteiger partial charge in [-0.15, -0.1) is 0 Å². The van der Waals surface area contributed by atoms with Crippen LogP contribution in [0.2, 0.25) is 0 Å². The summed E-state index contributed by atoms with van der Waals surface area (Å²) in [5.41, 5.74) is 0. The maximum Gasteiger partial charge on any atom is 0.241 e. The molecule has 2 saturated carbocycles. The number of carbonyl (C=O) groups excluding carboxylic acids is 1. The average molecular weight is 368 g/mol. The van der Waals surface area contributed by atoms with Gasteiger partial charge in [-0.2, -0.15) is 4.72 Å². The van der Waals surface area contributed by atoms with Crippen molar-refractivity contribution < 1.29 is 23.1 Å². The van der Waals surface area contributed by atoms with Crippen molar-refractivity contribution in [1.29, 1.82) is 0 Å². The van der Waals surface area contributed by atoms with E-state index in [4.69, 9.17) is 4.74 Å². The summed E-state index contributed by atoms with van der Waals surface area (Å²) in [5, 5.41) is 12.4. The first-order valence-corrected chi connectivity index (χ1v) is 9.99. The van der Waals surface area contributed by atoms with Crippen LogP contribution in [0.5, 0.6) is 5.75 Å². The number of hydrogen-bond donors (Lipinski definition) is 3. The first-order chi connectivity index (χ1) is 11.9. The van der Waals surface area contributed by atoms with Crippen LogP contribution in [0.15, 0.2) is 29.2 Å². The number of benzene rings is 1. The molecule has 2 bridgehead atoms. The van der Waals surface area contributed by atoms with Gasteiger partial charge in [0.15, 0.2) is 0 Å². The number of hydrogen-bond acceptors (Lipinski definition) is 5. The van der Waals surface area contributed by atoms with Gasteiger partial charge in [0, 0.05) is 6.04 Å². The van der Waals surface area contributed by atoms with Crippen molar-refractivity contribution in [3.63, 3.8) is 0 Å². The van der Waals surface area contributed by atoms with Crippen LogP contribution in [-0.4, -0.2) is 45.2 Å². The van der Waals surface area contributed by atoms with Gasteiger partial charge in [0.2, 0.25) is 15.9 Å². The Morgan fingerprint density at radius 1 is 1.28 bits per heavy atom. The number of fused-ring (bicyclic) bond motifs is 2. The zero-order chi connectivity index (χ0) is 18.0. The molecule has 25 heavy (non-hydrogen) atoms. The van der Waals surface area contributed by atoms with E-state index in [0.29, 0.717) is 17.6 Å². The van der Waals surface area contributed by atoms with Crippen molar-refractivity contribution in [3.8, 4) is 5.75 Å². The second kappa shape index (κ2) is 7.31. The van der Waals surface area contributed by atoms with Crippen LogP contribution in [0.1, 0.15) is 25.7 Å². The fourth-order valence-corrected chi connectivity index (χ4v) is 5.08. The van der Waals surface area contributed by atoms with Crippen LogP contribution in [0.25, 0.3) is 0 Å². The van der Waals surface area contributed by atoms with Gasteiger partial charge in [-0.1, -0.05) is 6.42 Å². The molecule has 0 aliphatic heterocycles. The number of aliphatic hydroxyl groups is 1. The maximum atomic E-state index is 12.4. The lowest BCUT2D eigenvalue weighted by Crippen LogP contribution is -2.52. The van der Waals surface area contributed by atoms with Crippen LogP contribution in [0.3, 0.4) is 0 Å². The van der Waals surface area contributed by atoms with Gasteiger partial charge in [-0.3, -0.25) is 4.79 Å². The molecule has 7 nitrogen and oxygen atoms in total. The van der Waals surface area contributed by atoms with E-state index < -0.39 is 28.6 Å². The number of nitrogens with one attached hydrogen (secondary N) is 2. The molecule has 3 unspecified atom stereocenters. The Labute approximate surface area is 147 Å². The summed E-state index contributed by atoms with van der Waals surface area (Å²) in [6.07, 6.45) is 4.40. The summed E-state index contributed by atoms with van der Waals surface area (Å²) >= 11 is 0. The van der Waals surface area contributed by atoms with Gasteiger partial charge in [0.25, 0.3) is 0 Å². The summed E-state index contributed by atoms with van der Waals surface area (Å²) in [6, 6.07) is 4.72. The standard InChI is InChI=1S/C17H24N2O5S/c1-24-13-4-6-14(7-5-13)25(22,23)19-16(10-20)17(21)18-15-9-11-2-3-12(15)8-11/h4-7,11-12,15-16,19-20H,2-3,8-10H2,1H3,(H,18,21)/t11?,12?,15?,16-/m0/s1. The van der Waals surface area contributed by atoms with Crippen molar-refractivity contribution >= 4 is 15.9 Å². The molecule has 0 aromatic heterocycles. The third kappa shape index (κ3) is 3.96. The minimum Gasteiger partial charge on any atom is -0.497 e. The summed E-state index contributed by atoms with van der Waals surface area (Å²) in [7, 11) is -2.42. The number of aliphatic hydroxyl groups excluding tert-OH is 1. The lowest BCUT2D eigenvalue weighted by Gasteiger charge is -2.25. The molecule has 0 radical (unpaired) electrons. The molecule has 0 saturated heterocycles. The molecule has 1 amide bonds. The predicted octanol–water partition coefficient (Wildman–Crippen LogP) is 0.639. The lowest BCUT2D eigenvalue weighted by atomic mass is 9.95. The number of ether oxygens (including phenoxy) is 1. The second-order valence-electron chi connectivity index (χ2n) is 6.82. The quantitative estimate of drug-likeness (QED) is 0.655. The molecular weight excluding hydrogens is 344 g/mol. The van der Waals surface area contributed by atoms with Crippen molar-refractivity contribution in [2.75, 3.05) is 13.7 Å². The van der Waals surface area contributed by atoms with Gasteiger partial charge < -0.3 is 15.2 Å². The number of sulfonamides is 1. The van der Waals surface area contributed by atoms with Gasteiger partial charge >= 0.3 is 0 Å². The fourth-order valence-electron chi connectivity index (χ4n) is 3.89. The number of rotatable bonds is 7. The molecule has 2 fully saturated rings.